The molecule has 0 aromatic carbocycles. The molecule has 0 radical (unpaired) electrons. The lowest BCUT2D eigenvalue weighted by atomic mass is 10.2. The van der Waals surface area contributed by atoms with Crippen LogP contribution in [-0.4, -0.2) is 30.8 Å². The Balaban J connectivity index is 1.91. The van der Waals surface area contributed by atoms with Crippen LogP contribution in [0.3, 0.4) is 0 Å². The fourth-order valence-electron chi connectivity index (χ4n) is 1.58. The smallest absolute Gasteiger partial charge is 0.303 e. The van der Waals surface area contributed by atoms with Crippen LogP contribution in [0.4, 0.5) is 0 Å². The molecule has 0 aliphatic heterocycles. The van der Waals surface area contributed by atoms with Crippen LogP contribution in [0.15, 0.2) is 16.9 Å². The number of hydrogen-bond acceptors (Lipinski definition) is 5. The standard InChI is InChI=1S/C11H14N4O3/c1-15-7-6-12-11(15)10-13-8(18-14-10)4-2-3-5-9(16)17/h6-7H,2-5H2,1H3,(H,16,17). The first kappa shape index (κ1) is 12.3. The summed E-state index contributed by atoms with van der Waals surface area (Å²) in [6.07, 6.45) is 5.55. The molecule has 0 bridgehead atoms. The molecule has 2 aromatic heterocycles. The molecule has 0 spiro atoms. The van der Waals surface area contributed by atoms with Gasteiger partial charge in [-0.15, -0.1) is 0 Å². The zero-order valence-electron chi connectivity index (χ0n) is 10.0. The summed E-state index contributed by atoms with van der Waals surface area (Å²) in [6, 6.07) is 0. The molecule has 1 N–H and O–H groups in total. The zero-order valence-corrected chi connectivity index (χ0v) is 10.0. The normalized spacial score (nSPS) is 10.7. The Bertz CT molecular complexity index is 532. The average molecular weight is 250 g/mol. The number of carboxylic acids is 1. The van der Waals surface area contributed by atoms with Crippen LogP contribution in [0.25, 0.3) is 11.6 Å². The number of aliphatic carboxylic acids is 1. The van der Waals surface area contributed by atoms with E-state index in [0.29, 0.717) is 36.8 Å². The zero-order chi connectivity index (χ0) is 13.0. The van der Waals surface area contributed by atoms with Crippen LogP contribution in [0.2, 0.25) is 0 Å². The third-order valence-corrected chi connectivity index (χ3v) is 2.52. The van der Waals surface area contributed by atoms with E-state index in [1.807, 2.05) is 7.05 Å². The van der Waals surface area contributed by atoms with Gasteiger partial charge in [-0.2, -0.15) is 4.98 Å². The van der Waals surface area contributed by atoms with Crippen LogP contribution in [0, 0.1) is 0 Å². The van der Waals surface area contributed by atoms with E-state index in [9.17, 15) is 4.79 Å². The molecule has 7 nitrogen and oxygen atoms in total. The van der Waals surface area contributed by atoms with Gasteiger partial charge in [-0.1, -0.05) is 5.16 Å². The van der Waals surface area contributed by atoms with Crippen molar-refractivity contribution >= 4 is 5.97 Å². The summed E-state index contributed by atoms with van der Waals surface area (Å²) >= 11 is 0. The Labute approximate surface area is 103 Å². The largest absolute Gasteiger partial charge is 0.481 e. The van der Waals surface area contributed by atoms with Crippen molar-refractivity contribution in [1.82, 2.24) is 19.7 Å². The second-order valence-corrected chi connectivity index (χ2v) is 3.97. The molecule has 0 amide bonds. The van der Waals surface area contributed by atoms with Crippen molar-refractivity contribution in [3.63, 3.8) is 0 Å². The minimum Gasteiger partial charge on any atom is -0.481 e. The first-order valence-electron chi connectivity index (χ1n) is 5.69. The predicted molar refractivity (Wildman–Crippen MR) is 61.7 cm³/mol. The molecule has 0 aliphatic rings. The first-order valence-corrected chi connectivity index (χ1v) is 5.69. The highest BCUT2D eigenvalue weighted by atomic mass is 16.5. The van der Waals surface area contributed by atoms with Gasteiger partial charge in [0.25, 0.3) is 0 Å². The number of carboxylic acid groups (broad SMARTS) is 1. The van der Waals surface area contributed by atoms with Crippen molar-refractivity contribution in [3.05, 3.63) is 18.3 Å². The van der Waals surface area contributed by atoms with Gasteiger partial charge in [0, 0.05) is 32.3 Å². The number of aryl methyl sites for hydroxylation is 2. The van der Waals surface area contributed by atoms with Gasteiger partial charge in [-0.3, -0.25) is 4.79 Å². The van der Waals surface area contributed by atoms with Crippen molar-refractivity contribution in [3.8, 4) is 11.6 Å². The van der Waals surface area contributed by atoms with Gasteiger partial charge in [0.15, 0.2) is 5.82 Å². The number of aromatic nitrogens is 4. The Morgan fingerprint density at radius 2 is 2.33 bits per heavy atom. The topological polar surface area (TPSA) is 94.0 Å². The summed E-state index contributed by atoms with van der Waals surface area (Å²) in [6.45, 7) is 0. The molecule has 2 aromatic rings. The van der Waals surface area contributed by atoms with Gasteiger partial charge in [0.1, 0.15) is 0 Å². The first-order chi connectivity index (χ1) is 8.66. The summed E-state index contributed by atoms with van der Waals surface area (Å²) < 4.78 is 6.89. The van der Waals surface area contributed by atoms with Gasteiger partial charge in [0.2, 0.25) is 11.7 Å². The second-order valence-electron chi connectivity index (χ2n) is 3.97. The summed E-state index contributed by atoms with van der Waals surface area (Å²) in [5, 5.41) is 12.4. The van der Waals surface area contributed by atoms with Crippen LogP contribution < -0.4 is 0 Å². The lowest BCUT2D eigenvalue weighted by Crippen LogP contribution is -1.95. The van der Waals surface area contributed by atoms with E-state index in [2.05, 4.69) is 15.1 Å². The molecule has 2 heterocycles. The molecule has 0 atom stereocenters. The Morgan fingerprint density at radius 1 is 1.50 bits per heavy atom. The minimum absolute atomic E-state index is 0.167. The number of carbonyl (C=O) groups is 1. The van der Waals surface area contributed by atoms with Crippen molar-refractivity contribution in [2.45, 2.75) is 25.7 Å². The summed E-state index contributed by atoms with van der Waals surface area (Å²) in [4.78, 5) is 18.7. The lowest BCUT2D eigenvalue weighted by Gasteiger charge is -1.94. The quantitative estimate of drug-likeness (QED) is 0.776. The molecule has 7 heteroatoms. The van der Waals surface area contributed by atoms with Crippen molar-refractivity contribution < 1.29 is 14.4 Å². The molecule has 2 rings (SSSR count). The number of hydrogen-bond donors (Lipinski definition) is 1. The number of rotatable bonds is 6. The molecule has 0 unspecified atom stereocenters. The molecule has 0 saturated heterocycles. The van der Waals surface area contributed by atoms with Crippen LogP contribution in [0.5, 0.6) is 0 Å². The highest BCUT2D eigenvalue weighted by Gasteiger charge is 2.12. The van der Waals surface area contributed by atoms with Gasteiger partial charge in [-0.05, 0) is 12.8 Å². The highest BCUT2D eigenvalue weighted by Crippen LogP contribution is 2.13. The second kappa shape index (κ2) is 5.44. The van der Waals surface area contributed by atoms with Gasteiger partial charge >= 0.3 is 5.97 Å². The summed E-state index contributed by atoms with van der Waals surface area (Å²) in [5.74, 6) is 0.832. The molecule has 0 saturated carbocycles. The number of unbranched alkanes of at least 4 members (excludes halogenated alkanes) is 1. The number of nitrogens with zero attached hydrogens (tertiary/aromatic N) is 4. The van der Waals surface area contributed by atoms with Gasteiger partial charge in [-0.25, -0.2) is 4.98 Å². The Kier molecular flexibility index (Phi) is 3.71. The SMILES string of the molecule is Cn1ccnc1-c1noc(CCCCC(=O)O)n1. The molecular formula is C11H14N4O3. The van der Waals surface area contributed by atoms with E-state index >= 15 is 0 Å². The maximum atomic E-state index is 10.3. The Morgan fingerprint density at radius 3 is 3.00 bits per heavy atom. The van der Waals surface area contributed by atoms with E-state index in [1.54, 1.807) is 17.0 Å². The third kappa shape index (κ3) is 2.93. The molecule has 0 fully saturated rings. The van der Waals surface area contributed by atoms with E-state index in [4.69, 9.17) is 9.63 Å². The number of imidazole rings is 1. The van der Waals surface area contributed by atoms with E-state index in [0.717, 1.165) is 0 Å². The van der Waals surface area contributed by atoms with Crippen LogP contribution in [-0.2, 0) is 18.3 Å². The monoisotopic (exact) mass is 250 g/mol. The predicted octanol–water partition coefficient (Wildman–Crippen LogP) is 1.27. The summed E-state index contributed by atoms with van der Waals surface area (Å²) in [7, 11) is 1.85. The maximum absolute atomic E-state index is 10.3. The van der Waals surface area contributed by atoms with Crippen molar-refractivity contribution in [2.75, 3.05) is 0 Å². The van der Waals surface area contributed by atoms with Crippen LogP contribution >= 0.6 is 0 Å². The molecular weight excluding hydrogens is 236 g/mol. The molecule has 0 aliphatic carbocycles. The van der Waals surface area contributed by atoms with E-state index in [-0.39, 0.29) is 6.42 Å². The summed E-state index contributed by atoms with van der Waals surface area (Å²) in [5.41, 5.74) is 0. The molecule has 96 valence electrons. The van der Waals surface area contributed by atoms with Crippen molar-refractivity contribution in [2.24, 2.45) is 7.05 Å². The van der Waals surface area contributed by atoms with Gasteiger partial charge in [0.05, 0.1) is 0 Å². The minimum atomic E-state index is -0.783. The maximum Gasteiger partial charge on any atom is 0.303 e. The third-order valence-electron chi connectivity index (χ3n) is 2.52. The Hall–Kier alpha value is -2.18. The average Bonchev–Trinajstić information content (AvgIpc) is 2.92. The van der Waals surface area contributed by atoms with Crippen LogP contribution in [0.1, 0.15) is 25.2 Å². The van der Waals surface area contributed by atoms with Crippen molar-refractivity contribution in [1.29, 1.82) is 0 Å². The van der Waals surface area contributed by atoms with E-state index in [1.165, 1.54) is 0 Å². The van der Waals surface area contributed by atoms with E-state index < -0.39 is 5.97 Å². The lowest BCUT2D eigenvalue weighted by molar-refractivity contribution is -0.137. The van der Waals surface area contributed by atoms with Gasteiger partial charge < -0.3 is 14.2 Å². The highest BCUT2D eigenvalue weighted by molar-refractivity contribution is 5.66. The fraction of sp³-hybridized carbons (Fsp3) is 0.455. The molecule has 18 heavy (non-hydrogen) atoms. The fourth-order valence-corrected chi connectivity index (χ4v) is 1.58.